The van der Waals surface area contributed by atoms with Crippen molar-refractivity contribution in [2.45, 2.75) is 57.7 Å². The van der Waals surface area contributed by atoms with Gasteiger partial charge in [0.1, 0.15) is 0 Å². The standard InChI is InChI=1S/C22H31F3N4O4.C7H8O3S/c1-13(2)11-16(19(31)28-27)17(20(32)29-33)21(12-22(23,24)25,18(30)14(3)26)10-9-15-7-5-4-6-8-15;1-6-2-4-7(5-3-6)11(8,9)10/h4-10,13-14,16-17,33H,11-12,26-27H2,1-3H3,(H,28,31)(H,29,32);2-5H,1H3,(H,8,9,10)/b10-9+;/t14-,16-,17-,21?;/m1./s1. The summed E-state index contributed by atoms with van der Waals surface area (Å²) in [4.78, 5) is 38.8. The van der Waals surface area contributed by atoms with Crippen LogP contribution in [0.4, 0.5) is 13.2 Å². The Morgan fingerprint density at radius 1 is 0.977 bits per heavy atom. The van der Waals surface area contributed by atoms with Crippen molar-refractivity contribution < 1.29 is 45.7 Å². The molecule has 0 aliphatic heterocycles. The lowest BCUT2D eigenvalue weighted by Gasteiger charge is -2.41. The quantitative estimate of drug-likeness (QED) is 0.0657. The van der Waals surface area contributed by atoms with Gasteiger partial charge in [-0.2, -0.15) is 21.6 Å². The highest BCUT2D eigenvalue weighted by atomic mass is 32.2. The van der Waals surface area contributed by atoms with E-state index < -0.39 is 63.6 Å². The van der Waals surface area contributed by atoms with Gasteiger partial charge in [0.2, 0.25) is 11.8 Å². The molecule has 4 atom stereocenters. The number of allylic oxidation sites excluding steroid dienone is 1. The minimum atomic E-state index is -4.93. The molecule has 2 amide bonds. The number of hydrazine groups is 1. The smallest absolute Gasteiger partial charge is 0.322 e. The summed E-state index contributed by atoms with van der Waals surface area (Å²) >= 11 is 0. The maximum atomic E-state index is 13.9. The van der Waals surface area contributed by atoms with E-state index in [2.05, 4.69) is 0 Å². The van der Waals surface area contributed by atoms with E-state index in [0.717, 1.165) is 11.6 Å². The Balaban J connectivity index is 0.000000733. The molecule has 1 unspecified atom stereocenters. The minimum absolute atomic E-state index is 0.0666. The third-order valence-corrected chi connectivity index (χ3v) is 7.48. The van der Waals surface area contributed by atoms with Crippen LogP contribution in [0.2, 0.25) is 0 Å². The maximum Gasteiger partial charge on any atom is 0.390 e. The zero-order chi connectivity index (χ0) is 33.9. The number of hydrogen-bond donors (Lipinski definition) is 6. The molecular formula is C29H39F3N4O7S. The molecule has 0 aliphatic rings. The molecule has 244 valence electrons. The van der Waals surface area contributed by atoms with Crippen LogP contribution < -0.4 is 22.5 Å². The van der Waals surface area contributed by atoms with E-state index in [-0.39, 0.29) is 17.2 Å². The molecule has 0 aromatic heterocycles. The van der Waals surface area contributed by atoms with Crippen molar-refractivity contribution in [3.63, 3.8) is 0 Å². The zero-order valence-corrected chi connectivity index (χ0v) is 25.5. The summed E-state index contributed by atoms with van der Waals surface area (Å²) in [5, 5.41) is 9.40. The number of rotatable bonds is 12. The van der Waals surface area contributed by atoms with Gasteiger partial charge in [0, 0.05) is 0 Å². The van der Waals surface area contributed by atoms with Gasteiger partial charge in [-0.25, -0.2) is 11.3 Å². The fourth-order valence-corrected chi connectivity index (χ4v) is 5.20. The SMILES string of the molecule is CC(C)C[C@@H](C(=O)NN)[C@H](C(=O)NO)C(/C=C/c1ccccc1)(CC(F)(F)F)C(=O)[C@@H](C)N.Cc1ccc(S(=O)(=O)O)cc1. The molecule has 2 aromatic rings. The Bertz CT molecular complexity index is 1380. The maximum absolute atomic E-state index is 13.9. The Morgan fingerprint density at radius 3 is 1.93 bits per heavy atom. The fourth-order valence-electron chi connectivity index (χ4n) is 4.72. The lowest BCUT2D eigenvalue weighted by Crippen LogP contribution is -2.57. The largest absolute Gasteiger partial charge is 0.390 e. The topological polar surface area (TPSA) is 202 Å². The Labute approximate surface area is 254 Å². The lowest BCUT2D eigenvalue weighted by atomic mass is 9.61. The van der Waals surface area contributed by atoms with Crippen LogP contribution in [0.25, 0.3) is 6.08 Å². The van der Waals surface area contributed by atoms with Gasteiger partial charge in [0.05, 0.1) is 34.6 Å². The average Bonchev–Trinajstić information content (AvgIpc) is 2.94. The number of nitrogens with one attached hydrogen (secondary N) is 2. The van der Waals surface area contributed by atoms with Crippen LogP contribution in [0.3, 0.4) is 0 Å². The highest BCUT2D eigenvalue weighted by Crippen LogP contribution is 2.47. The fraction of sp³-hybridized carbons (Fsp3) is 0.414. The number of amides is 2. The number of hydrogen-bond acceptors (Lipinski definition) is 8. The molecule has 11 nitrogen and oxygen atoms in total. The molecule has 8 N–H and O–H groups in total. The second kappa shape index (κ2) is 16.4. The second-order valence-corrected chi connectivity index (χ2v) is 12.1. The van der Waals surface area contributed by atoms with Gasteiger partial charge in [0.15, 0.2) is 5.78 Å². The number of ketones is 1. The van der Waals surface area contributed by atoms with Gasteiger partial charge >= 0.3 is 6.18 Å². The number of carbonyl (C=O) groups is 3. The predicted molar refractivity (Wildman–Crippen MR) is 157 cm³/mol. The normalized spacial score (nSPS) is 15.4. The van der Waals surface area contributed by atoms with Crippen molar-refractivity contribution in [1.82, 2.24) is 10.9 Å². The summed E-state index contributed by atoms with van der Waals surface area (Å²) in [5.74, 6) is -1.85. The van der Waals surface area contributed by atoms with E-state index in [4.69, 9.17) is 16.1 Å². The Morgan fingerprint density at radius 2 is 1.52 bits per heavy atom. The monoisotopic (exact) mass is 644 g/mol. The number of nitrogens with two attached hydrogens (primary N) is 2. The van der Waals surface area contributed by atoms with Crippen molar-refractivity contribution in [2.75, 3.05) is 0 Å². The van der Waals surface area contributed by atoms with Crippen LogP contribution in [0.1, 0.15) is 44.7 Å². The number of carbonyl (C=O) groups excluding carboxylic acids is 3. The molecule has 0 aliphatic carbocycles. The average molecular weight is 645 g/mol. The first-order valence-electron chi connectivity index (χ1n) is 13.4. The molecule has 2 rings (SSSR count). The van der Waals surface area contributed by atoms with E-state index in [9.17, 15) is 41.2 Å². The van der Waals surface area contributed by atoms with E-state index >= 15 is 0 Å². The molecule has 15 heteroatoms. The van der Waals surface area contributed by atoms with E-state index in [1.807, 2.05) is 12.3 Å². The van der Waals surface area contributed by atoms with E-state index in [1.54, 1.807) is 56.3 Å². The van der Waals surface area contributed by atoms with Gasteiger partial charge in [-0.05, 0) is 43.9 Å². The molecule has 0 spiro atoms. The van der Waals surface area contributed by atoms with Gasteiger partial charge in [-0.15, -0.1) is 0 Å². The van der Waals surface area contributed by atoms with Crippen LogP contribution in [0.15, 0.2) is 65.6 Å². The van der Waals surface area contributed by atoms with Crippen LogP contribution in [-0.4, -0.2) is 48.0 Å². The zero-order valence-electron chi connectivity index (χ0n) is 24.7. The van der Waals surface area contributed by atoms with Crippen molar-refractivity contribution in [2.24, 2.45) is 34.7 Å². The summed E-state index contributed by atoms with van der Waals surface area (Å²) in [5.41, 5.74) is 7.71. The third kappa shape index (κ3) is 11.5. The molecule has 2 aromatic carbocycles. The minimum Gasteiger partial charge on any atom is -0.322 e. The lowest BCUT2D eigenvalue weighted by molar-refractivity contribution is -0.176. The molecule has 0 heterocycles. The number of Topliss-reactive ketones (excluding diaryl/α,β-unsaturated/α-hetero) is 1. The van der Waals surface area contributed by atoms with Gasteiger partial charge in [-0.1, -0.05) is 74.0 Å². The van der Waals surface area contributed by atoms with Crippen molar-refractivity contribution in [1.29, 1.82) is 0 Å². The number of alkyl halides is 3. The predicted octanol–water partition coefficient (Wildman–Crippen LogP) is 3.57. The molecule has 0 radical (unpaired) electrons. The van der Waals surface area contributed by atoms with Gasteiger partial charge in [-0.3, -0.25) is 29.6 Å². The number of benzene rings is 2. The summed E-state index contributed by atoms with van der Waals surface area (Å²) in [7, 11) is -4.02. The van der Waals surface area contributed by atoms with Crippen LogP contribution >= 0.6 is 0 Å². The van der Waals surface area contributed by atoms with Gasteiger partial charge in [0.25, 0.3) is 10.1 Å². The first kappa shape index (κ1) is 38.4. The van der Waals surface area contributed by atoms with E-state index in [1.165, 1.54) is 30.6 Å². The van der Waals surface area contributed by atoms with Crippen LogP contribution in [-0.2, 0) is 24.5 Å². The highest BCUT2D eigenvalue weighted by molar-refractivity contribution is 7.85. The third-order valence-electron chi connectivity index (χ3n) is 6.61. The summed E-state index contributed by atoms with van der Waals surface area (Å²) in [6.45, 7) is 6.40. The molecule has 0 saturated heterocycles. The highest BCUT2D eigenvalue weighted by Gasteiger charge is 2.57. The van der Waals surface area contributed by atoms with Crippen molar-refractivity contribution in [3.8, 4) is 0 Å². The second-order valence-electron chi connectivity index (χ2n) is 10.7. The number of aryl methyl sites for hydroxylation is 1. The molecule has 44 heavy (non-hydrogen) atoms. The van der Waals surface area contributed by atoms with Crippen molar-refractivity contribution in [3.05, 3.63) is 71.8 Å². The van der Waals surface area contributed by atoms with Gasteiger partial charge < -0.3 is 5.73 Å². The summed E-state index contributed by atoms with van der Waals surface area (Å²) in [6, 6.07) is 12.7. The molecule has 0 bridgehead atoms. The van der Waals surface area contributed by atoms with Crippen molar-refractivity contribution >= 4 is 33.8 Å². The van der Waals surface area contributed by atoms with E-state index in [0.29, 0.717) is 5.56 Å². The molecule has 0 saturated carbocycles. The van der Waals surface area contributed by atoms with Crippen LogP contribution in [0.5, 0.6) is 0 Å². The molecular weight excluding hydrogens is 605 g/mol. The van der Waals surface area contributed by atoms with Crippen LogP contribution in [0, 0.1) is 30.1 Å². The Kier molecular flexibility index (Phi) is 14.3. The molecule has 0 fully saturated rings. The first-order valence-corrected chi connectivity index (χ1v) is 14.8. The summed E-state index contributed by atoms with van der Waals surface area (Å²) in [6.07, 6.45) is -4.59. The first-order chi connectivity index (χ1) is 20.3. The number of hydroxylamine groups is 1. The summed E-state index contributed by atoms with van der Waals surface area (Å²) < 4.78 is 71.2. The number of halogens is 3. The Hall–Kier alpha value is -3.63.